The first kappa shape index (κ1) is 23.7. The molecular weight excluding hydrogens is 390 g/mol. The first-order chi connectivity index (χ1) is 14.1. The Hall–Kier alpha value is -2.62. The number of carbonyl (C=O) groups is 3. The van der Waals surface area contributed by atoms with Gasteiger partial charge in [0.25, 0.3) is 0 Å². The van der Waals surface area contributed by atoms with Crippen LogP contribution in [-0.4, -0.2) is 71.0 Å². The van der Waals surface area contributed by atoms with E-state index in [-0.39, 0.29) is 24.6 Å². The molecule has 0 spiro atoms. The molecule has 0 atom stereocenters. The van der Waals surface area contributed by atoms with Crippen molar-refractivity contribution in [3.8, 4) is 0 Å². The average molecular weight is 424 g/mol. The van der Waals surface area contributed by atoms with Gasteiger partial charge in [0.2, 0.25) is 5.91 Å². The molecule has 1 aliphatic rings. The zero-order valence-corrected chi connectivity index (χ0v) is 18.5. The van der Waals surface area contributed by atoms with Gasteiger partial charge in [-0.25, -0.2) is 9.59 Å². The summed E-state index contributed by atoms with van der Waals surface area (Å²) in [6.45, 7) is 9.75. The maximum absolute atomic E-state index is 12.5. The van der Waals surface area contributed by atoms with E-state index in [1.54, 1.807) is 14.0 Å². The van der Waals surface area contributed by atoms with Crippen molar-refractivity contribution >= 4 is 23.8 Å². The molecule has 2 rings (SSSR count). The van der Waals surface area contributed by atoms with Crippen molar-refractivity contribution in [2.24, 2.45) is 13.0 Å². The van der Waals surface area contributed by atoms with E-state index in [1.807, 2.05) is 20.8 Å². The van der Waals surface area contributed by atoms with Crippen LogP contribution < -0.4 is 10.6 Å². The number of rotatable bonds is 7. The highest BCUT2D eigenvalue weighted by molar-refractivity contribution is 6.00. The summed E-state index contributed by atoms with van der Waals surface area (Å²) in [5.41, 5.74) is -0.276. The number of ether oxygens (including phenoxy) is 2. The third-order valence-electron chi connectivity index (χ3n) is 4.70. The number of nitrogens with one attached hydrogen (secondary N) is 2. The second-order valence-electron chi connectivity index (χ2n) is 8.40. The van der Waals surface area contributed by atoms with E-state index in [2.05, 4.69) is 20.6 Å². The molecule has 2 heterocycles. The molecule has 1 aromatic heterocycles. The van der Waals surface area contributed by atoms with Crippen molar-refractivity contribution in [1.82, 2.24) is 20.0 Å². The lowest BCUT2D eigenvalue weighted by Crippen LogP contribution is -2.42. The Morgan fingerprint density at radius 3 is 2.50 bits per heavy atom. The molecule has 2 amide bonds. The summed E-state index contributed by atoms with van der Waals surface area (Å²) in [4.78, 5) is 38.3. The SMILES string of the molecule is CCOC(=O)c1cnn(C)c1NC(=O)CN1CCC(CNC(=O)OC(C)(C)C)CC1. The molecule has 0 radical (unpaired) electrons. The maximum atomic E-state index is 12.5. The predicted octanol–water partition coefficient (Wildman–Crippen LogP) is 1.77. The molecule has 1 aliphatic heterocycles. The molecule has 10 heteroatoms. The summed E-state index contributed by atoms with van der Waals surface area (Å²) in [7, 11) is 1.65. The van der Waals surface area contributed by atoms with Crippen LogP contribution >= 0.6 is 0 Å². The van der Waals surface area contributed by atoms with E-state index in [4.69, 9.17) is 9.47 Å². The van der Waals surface area contributed by atoms with Crippen molar-refractivity contribution in [1.29, 1.82) is 0 Å². The van der Waals surface area contributed by atoms with Crippen LogP contribution in [0.25, 0.3) is 0 Å². The largest absolute Gasteiger partial charge is 0.462 e. The molecule has 2 N–H and O–H groups in total. The topological polar surface area (TPSA) is 115 Å². The van der Waals surface area contributed by atoms with Crippen molar-refractivity contribution < 1.29 is 23.9 Å². The van der Waals surface area contributed by atoms with Gasteiger partial charge in [-0.1, -0.05) is 0 Å². The van der Waals surface area contributed by atoms with Gasteiger partial charge in [-0.05, 0) is 59.5 Å². The highest BCUT2D eigenvalue weighted by Crippen LogP contribution is 2.18. The first-order valence-corrected chi connectivity index (χ1v) is 10.3. The third-order valence-corrected chi connectivity index (χ3v) is 4.70. The van der Waals surface area contributed by atoms with E-state index in [0.717, 1.165) is 25.9 Å². The minimum atomic E-state index is -0.515. The van der Waals surface area contributed by atoms with Crippen molar-refractivity contribution in [2.45, 2.75) is 46.1 Å². The van der Waals surface area contributed by atoms with Gasteiger partial charge in [0.1, 0.15) is 17.0 Å². The number of alkyl carbamates (subject to hydrolysis) is 1. The minimum absolute atomic E-state index is 0.213. The third kappa shape index (κ3) is 7.33. The highest BCUT2D eigenvalue weighted by Gasteiger charge is 2.24. The zero-order chi connectivity index (χ0) is 22.3. The molecule has 0 saturated carbocycles. The number of likely N-dealkylation sites (tertiary alicyclic amines) is 1. The summed E-state index contributed by atoms with van der Waals surface area (Å²) >= 11 is 0. The van der Waals surface area contributed by atoms with E-state index >= 15 is 0 Å². The molecule has 0 unspecified atom stereocenters. The zero-order valence-electron chi connectivity index (χ0n) is 18.5. The minimum Gasteiger partial charge on any atom is -0.462 e. The van der Waals surface area contributed by atoms with E-state index in [0.29, 0.717) is 18.3 Å². The second kappa shape index (κ2) is 10.4. The molecule has 168 valence electrons. The molecular formula is C20H33N5O5. The van der Waals surface area contributed by atoms with E-state index in [9.17, 15) is 14.4 Å². The van der Waals surface area contributed by atoms with Gasteiger partial charge in [-0.3, -0.25) is 14.4 Å². The van der Waals surface area contributed by atoms with Crippen LogP contribution in [0.15, 0.2) is 6.20 Å². The van der Waals surface area contributed by atoms with Gasteiger partial charge in [-0.15, -0.1) is 0 Å². The maximum Gasteiger partial charge on any atom is 0.407 e. The van der Waals surface area contributed by atoms with Crippen LogP contribution in [0.5, 0.6) is 0 Å². The summed E-state index contributed by atoms with van der Waals surface area (Å²) in [6.07, 6.45) is 2.74. The number of nitrogens with zero attached hydrogens (tertiary/aromatic N) is 3. The molecule has 1 fully saturated rings. The average Bonchev–Trinajstić information content (AvgIpc) is 3.00. The smallest absolute Gasteiger partial charge is 0.407 e. The van der Waals surface area contributed by atoms with Gasteiger partial charge >= 0.3 is 12.1 Å². The molecule has 10 nitrogen and oxygen atoms in total. The number of anilines is 1. The van der Waals surface area contributed by atoms with E-state index < -0.39 is 17.7 Å². The Morgan fingerprint density at radius 1 is 1.23 bits per heavy atom. The van der Waals surface area contributed by atoms with Gasteiger partial charge < -0.3 is 20.1 Å². The fourth-order valence-electron chi connectivity index (χ4n) is 3.21. The number of hydrogen-bond acceptors (Lipinski definition) is 7. The number of aryl methyl sites for hydroxylation is 1. The summed E-state index contributed by atoms with van der Waals surface area (Å²) < 4.78 is 11.7. The lowest BCUT2D eigenvalue weighted by atomic mass is 9.97. The molecule has 0 aliphatic carbocycles. The summed E-state index contributed by atoms with van der Waals surface area (Å²) in [5.74, 6) is -0.0482. The highest BCUT2D eigenvalue weighted by atomic mass is 16.6. The van der Waals surface area contributed by atoms with Crippen LogP contribution in [0.3, 0.4) is 0 Å². The van der Waals surface area contributed by atoms with Gasteiger partial charge in [0.05, 0.1) is 19.3 Å². The first-order valence-electron chi connectivity index (χ1n) is 10.3. The normalized spacial score (nSPS) is 15.5. The lowest BCUT2D eigenvalue weighted by Gasteiger charge is -2.31. The number of piperidine rings is 1. The Morgan fingerprint density at radius 2 is 1.90 bits per heavy atom. The quantitative estimate of drug-likeness (QED) is 0.642. The molecule has 0 aromatic carbocycles. The van der Waals surface area contributed by atoms with Crippen LogP contribution in [0.1, 0.15) is 50.9 Å². The number of amides is 2. The summed E-state index contributed by atoms with van der Waals surface area (Å²) in [5, 5.41) is 9.61. The standard InChI is InChI=1S/C20H33N5O5/c1-6-29-18(27)15-12-22-24(5)17(15)23-16(26)13-25-9-7-14(8-10-25)11-21-19(28)30-20(2,3)4/h12,14H,6-11,13H2,1-5H3,(H,21,28)(H,23,26). The van der Waals surface area contributed by atoms with E-state index in [1.165, 1.54) is 10.9 Å². The summed E-state index contributed by atoms with van der Waals surface area (Å²) in [6, 6.07) is 0. The number of aromatic nitrogens is 2. The Kier molecular flexibility index (Phi) is 8.22. The van der Waals surface area contributed by atoms with Gasteiger partial charge in [0.15, 0.2) is 0 Å². The van der Waals surface area contributed by atoms with Crippen molar-refractivity contribution in [3.63, 3.8) is 0 Å². The fourth-order valence-corrected chi connectivity index (χ4v) is 3.21. The Labute approximate surface area is 177 Å². The Balaban J connectivity index is 1.77. The van der Waals surface area contributed by atoms with Crippen molar-refractivity contribution in [3.05, 3.63) is 11.8 Å². The molecule has 30 heavy (non-hydrogen) atoms. The van der Waals surface area contributed by atoms with Gasteiger partial charge in [-0.2, -0.15) is 5.10 Å². The van der Waals surface area contributed by atoms with Crippen LogP contribution in [0.4, 0.5) is 10.6 Å². The Bertz CT molecular complexity index is 747. The van der Waals surface area contributed by atoms with Crippen LogP contribution in [0, 0.1) is 5.92 Å². The van der Waals surface area contributed by atoms with Crippen molar-refractivity contribution in [2.75, 3.05) is 38.1 Å². The fraction of sp³-hybridized carbons (Fsp3) is 0.700. The lowest BCUT2D eigenvalue weighted by molar-refractivity contribution is -0.117. The molecule has 1 saturated heterocycles. The number of esters is 1. The van der Waals surface area contributed by atoms with Crippen LogP contribution in [0.2, 0.25) is 0 Å². The monoisotopic (exact) mass is 423 g/mol. The van der Waals surface area contributed by atoms with Gasteiger partial charge in [0, 0.05) is 13.6 Å². The predicted molar refractivity (Wildman–Crippen MR) is 111 cm³/mol. The second-order valence-corrected chi connectivity index (χ2v) is 8.40. The molecule has 1 aromatic rings. The number of carbonyl (C=O) groups excluding carboxylic acids is 3. The molecule has 0 bridgehead atoms. The van der Waals surface area contributed by atoms with Crippen LogP contribution in [-0.2, 0) is 21.3 Å². The number of hydrogen-bond donors (Lipinski definition) is 2.